The van der Waals surface area contributed by atoms with Gasteiger partial charge in [-0.15, -0.1) is 38.5 Å². The Hall–Kier alpha value is -13.0. The molecule has 0 aliphatic rings. The minimum atomic E-state index is -5.08. The zero-order chi connectivity index (χ0) is 89.1. The second kappa shape index (κ2) is 44.0. The summed E-state index contributed by atoms with van der Waals surface area (Å²) in [5.74, 6) is -3.86. The van der Waals surface area contributed by atoms with Gasteiger partial charge in [-0.3, -0.25) is 0 Å². The highest BCUT2D eigenvalue weighted by Crippen LogP contribution is 2.36. The van der Waals surface area contributed by atoms with Gasteiger partial charge in [-0.2, -0.15) is 23.0 Å². The molecule has 8 amide bonds. The summed E-state index contributed by atoms with van der Waals surface area (Å²) in [6, 6.07) is 44.6. The van der Waals surface area contributed by atoms with Crippen molar-refractivity contribution >= 4 is 134 Å². The molecular weight excluding hydrogens is 1760 g/mol. The fourth-order valence-corrected chi connectivity index (χ4v) is 10.4. The maximum Gasteiger partial charge on any atom is 0.490 e. The van der Waals surface area contributed by atoms with Gasteiger partial charge in [0.2, 0.25) is 0 Å². The molecule has 0 atom stereocenters. The van der Waals surface area contributed by atoms with Crippen molar-refractivity contribution < 1.29 is 108 Å². The average molecular weight is 1860 g/mol. The number of benzene rings is 6. The van der Waals surface area contributed by atoms with Crippen molar-refractivity contribution in [3.8, 4) is 33.4 Å². The molecule has 30 nitrogen and oxygen atoms in total. The minimum absolute atomic E-state index is 0. The number of carbonyl (C=O) groups is 7. The van der Waals surface area contributed by atoms with Gasteiger partial charge in [-0.25, -0.2) is 60.3 Å². The second-order valence-electron chi connectivity index (χ2n) is 29.9. The van der Waals surface area contributed by atoms with Gasteiger partial charge in [0.25, 0.3) is 0 Å². The molecule has 0 radical (unpaired) electrons. The van der Waals surface area contributed by atoms with Crippen molar-refractivity contribution in [2.24, 2.45) is 0 Å². The molecule has 658 valence electrons. The molecule has 0 fully saturated rings. The number of alkyl halides is 5. The van der Waals surface area contributed by atoms with Crippen LogP contribution in [-0.4, -0.2) is 126 Å². The number of anilines is 9. The van der Waals surface area contributed by atoms with E-state index in [0.717, 1.165) is 48.7 Å². The van der Waals surface area contributed by atoms with Crippen LogP contribution in [0.25, 0.3) is 49.9 Å². The molecule has 0 bridgehead atoms. The maximum absolute atomic E-state index is 14.0. The fraction of sp³-hybridized carbons (Fsp3) is 0.274. The van der Waals surface area contributed by atoms with E-state index in [1.807, 2.05) is 56.3 Å². The lowest BCUT2D eigenvalue weighted by Crippen LogP contribution is -3.00. The van der Waals surface area contributed by atoms with Crippen LogP contribution in [0.15, 0.2) is 182 Å². The Bertz CT molecular complexity index is 5590. The first-order chi connectivity index (χ1) is 56.0. The Labute approximate surface area is 732 Å². The molecule has 39 heteroatoms. The number of carbonyl (C=O) groups excluding carboxylic acids is 6. The first-order valence-corrected chi connectivity index (χ1v) is 37.1. The van der Waals surface area contributed by atoms with Crippen molar-refractivity contribution in [2.75, 3.05) is 53.6 Å². The Balaban J connectivity index is 0.000000350. The van der Waals surface area contributed by atoms with E-state index in [0.29, 0.717) is 50.6 Å². The first kappa shape index (κ1) is 102. The van der Waals surface area contributed by atoms with E-state index < -0.39 is 82.6 Å². The lowest BCUT2D eigenvalue weighted by atomic mass is 10.0. The Morgan fingerprint density at radius 2 is 0.715 bits per heavy atom. The molecule has 12 rings (SSSR count). The first-order valence-electron chi connectivity index (χ1n) is 36.0. The number of aromatic nitrogens is 9. The molecular formula is C84H96Cl2F6IN18O12-. The molecule has 0 saturated heterocycles. The summed E-state index contributed by atoms with van der Waals surface area (Å²) in [4.78, 5) is 87.6. The third-order valence-corrected chi connectivity index (χ3v) is 15.3. The highest BCUT2D eigenvalue weighted by atomic mass is 127. The monoisotopic (exact) mass is 1860 g/mol. The van der Waals surface area contributed by atoms with Crippen LogP contribution >= 0.6 is 23.2 Å². The Morgan fingerprint density at radius 3 is 1.02 bits per heavy atom. The highest BCUT2D eigenvalue weighted by Gasteiger charge is 2.40. The van der Waals surface area contributed by atoms with Gasteiger partial charge >= 0.3 is 48.6 Å². The van der Waals surface area contributed by atoms with Gasteiger partial charge in [0.05, 0.1) is 22.4 Å². The van der Waals surface area contributed by atoms with E-state index in [2.05, 4.69) is 52.2 Å². The van der Waals surface area contributed by atoms with Crippen molar-refractivity contribution in [2.45, 2.75) is 147 Å². The molecule has 0 spiro atoms. The van der Waals surface area contributed by atoms with Gasteiger partial charge in [-0.1, -0.05) is 103 Å². The van der Waals surface area contributed by atoms with Crippen LogP contribution in [0.2, 0.25) is 0 Å². The number of hydrogen-bond acceptors (Lipinski definition) is 20. The topological polar surface area (TPSA) is 400 Å². The summed E-state index contributed by atoms with van der Waals surface area (Å²) in [7, 11) is 0. The quantitative estimate of drug-likeness (QED) is 0.0219. The third-order valence-electron chi connectivity index (χ3n) is 15.3. The van der Waals surface area contributed by atoms with E-state index >= 15 is 0 Å². The molecule has 0 unspecified atom stereocenters. The predicted molar refractivity (Wildman–Crippen MR) is 461 cm³/mol. The van der Waals surface area contributed by atoms with Crippen LogP contribution in [-0.2, 0) is 23.7 Å². The largest absolute Gasteiger partial charge is 1.00 e. The summed E-state index contributed by atoms with van der Waals surface area (Å²) in [5, 5.41) is 42.0. The number of pyridine rings is 3. The summed E-state index contributed by atoms with van der Waals surface area (Å²) in [5.41, 5.74) is 24.3. The van der Waals surface area contributed by atoms with Gasteiger partial charge in [0, 0.05) is 52.3 Å². The number of halogens is 9. The predicted octanol–water partition coefficient (Wildman–Crippen LogP) is 17.9. The maximum atomic E-state index is 14.0. The Kier molecular flexibility index (Phi) is 36.6. The van der Waals surface area contributed by atoms with Gasteiger partial charge < -0.3 is 86.5 Å². The lowest BCUT2D eigenvalue weighted by molar-refractivity contribution is -0.192. The van der Waals surface area contributed by atoms with E-state index in [9.17, 15) is 55.1 Å². The van der Waals surface area contributed by atoms with Crippen molar-refractivity contribution in [3.05, 3.63) is 217 Å². The average Bonchev–Trinajstić information content (AvgIpc) is 1.67. The standard InChI is InChI=1S/C30H33FN6O5.C22H27N5O4.C20H17FN6O.C7H8FN.C2HF3O2.CH2Cl2.2CH4.HI/c1-18-10-15-22(31)23(17-18)33-26(38)32-20-13-11-19(12-14-20)21-9-8-16-36-24(21)25(34-35-36)37(27(39)41-29(2,3)4)28(40)42-30(5,6)7;1-21(2,3)30-19(28)27(20(29)31-22(4,5)6)18-17-16(8-7-13-26(17)25-24-18)14-9-11-15(23)12-10-14;1-12-4-9-16(21)17(11-12)24-20(28)23-14-7-5-13(6-8-14)15-3-2-10-27-18(15)19(22)25-26-27;1-5-2-3-6(8)7(9)4-5;3-2(4,5)1(6)7;2-1-3;;;/h8-17H,1-7H3,(H2,32,33,38);7-13H,23H2,1-6H3;2-11H,22H2,1H3,(H2,23,24,28);2-4H,9H2,1H3;(H,6,7);1H2;2*1H4;1H/p-1. The molecule has 0 aliphatic carbocycles. The minimum Gasteiger partial charge on any atom is -1.00 e. The number of amides is 8. The van der Waals surface area contributed by atoms with Crippen LogP contribution in [0.3, 0.4) is 0 Å². The number of carboxylic acids is 1. The van der Waals surface area contributed by atoms with Crippen molar-refractivity contribution in [1.29, 1.82) is 0 Å². The molecule has 0 aliphatic heterocycles. The number of nitrogens with zero attached hydrogens (tertiary/aromatic N) is 11. The summed E-state index contributed by atoms with van der Waals surface area (Å²) >= 11 is 9.53. The lowest BCUT2D eigenvalue weighted by Gasteiger charge is -2.27. The summed E-state index contributed by atoms with van der Waals surface area (Å²) in [6.07, 6.45) is -3.76. The molecule has 12 aromatic rings. The number of nitrogens with two attached hydrogens (primary N) is 3. The van der Waals surface area contributed by atoms with Gasteiger partial charge in [0.1, 0.15) is 56.4 Å². The van der Waals surface area contributed by atoms with Crippen LogP contribution in [0.4, 0.5) is 107 Å². The Morgan fingerprint density at radius 1 is 0.431 bits per heavy atom. The molecule has 11 N–H and O–H groups in total. The number of aryl methyl sites for hydroxylation is 3. The number of imide groups is 2. The molecule has 6 aromatic heterocycles. The number of fused-ring (bicyclic) bond motifs is 3. The van der Waals surface area contributed by atoms with Crippen molar-refractivity contribution in [1.82, 2.24) is 44.5 Å². The van der Waals surface area contributed by atoms with Crippen LogP contribution < -0.4 is 72.2 Å². The van der Waals surface area contributed by atoms with Crippen molar-refractivity contribution in [3.63, 3.8) is 0 Å². The zero-order valence-corrected chi connectivity index (χ0v) is 71.7. The zero-order valence-electron chi connectivity index (χ0n) is 68.0. The van der Waals surface area contributed by atoms with Crippen LogP contribution in [0.5, 0.6) is 0 Å². The normalized spacial score (nSPS) is 10.9. The van der Waals surface area contributed by atoms with Crippen LogP contribution in [0, 0.1) is 38.2 Å². The number of rotatable bonds is 9. The van der Waals surface area contributed by atoms with Gasteiger partial charge in [-0.05, 0) is 228 Å². The summed E-state index contributed by atoms with van der Waals surface area (Å²) < 4.78 is 98.4. The van der Waals surface area contributed by atoms with E-state index in [1.54, 1.807) is 210 Å². The number of nitrogen functional groups attached to an aromatic ring is 3. The van der Waals surface area contributed by atoms with E-state index in [-0.39, 0.29) is 78.7 Å². The number of carboxylic acid groups (broad SMARTS) is 1. The van der Waals surface area contributed by atoms with Crippen LogP contribution in [0.1, 0.15) is 115 Å². The smallest absolute Gasteiger partial charge is 0.490 e. The number of aliphatic carboxylic acids is 1. The van der Waals surface area contributed by atoms with Gasteiger partial charge in [0.15, 0.2) is 17.5 Å². The fourth-order valence-electron chi connectivity index (χ4n) is 10.4. The number of nitrogens with one attached hydrogen (secondary N) is 4. The van der Waals surface area contributed by atoms with E-state index in [4.69, 9.17) is 69.3 Å². The molecule has 0 saturated carbocycles. The highest BCUT2D eigenvalue weighted by molar-refractivity contribution is 6.40. The molecule has 6 heterocycles. The molecule has 6 aromatic carbocycles. The van der Waals surface area contributed by atoms with E-state index in [1.165, 1.54) is 33.3 Å². The third kappa shape index (κ3) is 30.3. The second-order valence-corrected chi connectivity index (χ2v) is 30.7. The number of urea groups is 2. The summed E-state index contributed by atoms with van der Waals surface area (Å²) in [6.45, 7) is 25.8. The SMILES string of the molecule is C.C.CC(C)(C)OC(=O)N(C(=O)OC(C)(C)C)c1nnn2cccc(-c3ccc(N)cc3)c12.Cc1ccc(F)c(N)c1.Cc1ccc(F)c(NC(=O)Nc2ccc(-c3cccn4nnc(N(C(=O)OC(C)(C)C)C(=O)OC(C)(C)C)c34)cc2)c1.Cc1ccc(F)c(NC(=O)Nc2ccc(-c3cccn4nnc(N)c34)cc2)c1.ClCCl.O=C(O)C(F)(F)F.[I-]. The molecule has 123 heavy (non-hydrogen) atoms. The number of hydrogen-bond donors (Lipinski definition) is 8. The number of ether oxygens (including phenoxy) is 4.